The van der Waals surface area contributed by atoms with Gasteiger partial charge in [-0.2, -0.15) is 18.3 Å². The summed E-state index contributed by atoms with van der Waals surface area (Å²) in [5.74, 6) is 0.851. The van der Waals surface area contributed by atoms with E-state index < -0.39 is 11.9 Å². The molecule has 4 aromatic heterocycles. The summed E-state index contributed by atoms with van der Waals surface area (Å²) in [5, 5.41) is 8.87. The highest BCUT2D eigenvalue weighted by Crippen LogP contribution is 2.39. The van der Waals surface area contributed by atoms with Crippen LogP contribution in [0, 0.1) is 5.92 Å². The van der Waals surface area contributed by atoms with Crippen LogP contribution in [0.4, 0.5) is 13.2 Å². The first-order valence-corrected chi connectivity index (χ1v) is 9.40. The molecule has 1 aliphatic rings. The van der Waals surface area contributed by atoms with Gasteiger partial charge in [-0.3, -0.25) is 4.68 Å². The van der Waals surface area contributed by atoms with Crippen LogP contribution in [0.25, 0.3) is 27.4 Å². The maximum absolute atomic E-state index is 13.0. The molecule has 0 unspecified atom stereocenters. The maximum Gasteiger partial charge on any atom is 0.435 e. The van der Waals surface area contributed by atoms with Gasteiger partial charge in [-0.1, -0.05) is 6.92 Å². The molecule has 0 aromatic carbocycles. The molecule has 0 N–H and O–H groups in total. The molecule has 0 saturated heterocycles. The molecule has 0 spiro atoms. The van der Waals surface area contributed by atoms with E-state index in [1.54, 1.807) is 22.2 Å². The van der Waals surface area contributed by atoms with E-state index in [1.807, 2.05) is 0 Å². The second-order valence-corrected chi connectivity index (χ2v) is 8.10. The smallest absolute Gasteiger partial charge is 0.264 e. The molecule has 0 amide bonds. The average molecular weight is 392 g/mol. The van der Waals surface area contributed by atoms with Gasteiger partial charge in [0.1, 0.15) is 16.9 Å². The van der Waals surface area contributed by atoms with Crippen molar-refractivity contribution >= 4 is 27.2 Å². The maximum atomic E-state index is 13.0. The van der Waals surface area contributed by atoms with Crippen molar-refractivity contribution < 1.29 is 13.2 Å². The summed E-state index contributed by atoms with van der Waals surface area (Å²) in [5.41, 5.74) is 1.16. The summed E-state index contributed by atoms with van der Waals surface area (Å²) in [6.45, 7) is 2.24. The van der Waals surface area contributed by atoms with Gasteiger partial charge in [0, 0.05) is 11.9 Å². The Morgan fingerprint density at radius 3 is 2.81 bits per heavy atom. The van der Waals surface area contributed by atoms with Gasteiger partial charge in [-0.25, -0.2) is 14.5 Å². The highest BCUT2D eigenvalue weighted by atomic mass is 32.1. The van der Waals surface area contributed by atoms with E-state index in [9.17, 15) is 13.2 Å². The lowest BCUT2D eigenvalue weighted by molar-refractivity contribution is -0.141. The van der Waals surface area contributed by atoms with E-state index >= 15 is 0 Å². The van der Waals surface area contributed by atoms with E-state index in [4.69, 9.17) is 0 Å². The Balaban J connectivity index is 1.70. The molecule has 1 aliphatic carbocycles. The van der Waals surface area contributed by atoms with Crippen molar-refractivity contribution in [3.63, 3.8) is 0 Å². The van der Waals surface area contributed by atoms with Crippen molar-refractivity contribution in [1.82, 2.24) is 29.4 Å². The van der Waals surface area contributed by atoms with Gasteiger partial charge in [-0.05, 0) is 36.8 Å². The molecule has 10 heteroatoms. The second-order valence-electron chi connectivity index (χ2n) is 7.02. The van der Waals surface area contributed by atoms with Crippen LogP contribution in [0.3, 0.4) is 0 Å². The first-order chi connectivity index (χ1) is 12.8. The lowest BCUT2D eigenvalue weighted by Gasteiger charge is -2.17. The molecular weight excluding hydrogens is 377 g/mol. The van der Waals surface area contributed by atoms with E-state index in [2.05, 4.69) is 27.1 Å². The van der Waals surface area contributed by atoms with Crippen molar-refractivity contribution in [3.05, 3.63) is 28.5 Å². The number of nitrogens with zero attached hydrogens (tertiary/aromatic N) is 6. The molecule has 6 nitrogen and oxygen atoms in total. The summed E-state index contributed by atoms with van der Waals surface area (Å²) >= 11 is 1.68. The van der Waals surface area contributed by atoms with Gasteiger partial charge in [-0.15, -0.1) is 16.4 Å². The van der Waals surface area contributed by atoms with Gasteiger partial charge in [0.2, 0.25) is 0 Å². The van der Waals surface area contributed by atoms with Crippen molar-refractivity contribution in [2.24, 2.45) is 13.0 Å². The van der Waals surface area contributed by atoms with Crippen LogP contribution < -0.4 is 0 Å². The molecule has 4 aromatic rings. The quantitative estimate of drug-likeness (QED) is 0.493. The normalized spacial score (nSPS) is 17.7. The molecule has 0 aliphatic heterocycles. The van der Waals surface area contributed by atoms with Crippen LogP contribution in [0.2, 0.25) is 0 Å². The Labute approximate surface area is 155 Å². The van der Waals surface area contributed by atoms with Crippen LogP contribution in [0.1, 0.15) is 29.5 Å². The number of thiophene rings is 1. The summed E-state index contributed by atoms with van der Waals surface area (Å²) in [6, 6.07) is 0.976. The molecule has 27 heavy (non-hydrogen) atoms. The third-order valence-electron chi connectivity index (χ3n) is 5.03. The van der Waals surface area contributed by atoms with Crippen LogP contribution in [0.15, 0.2) is 12.4 Å². The SMILES string of the molecule is C[C@H]1CCc2c(sc3ncn4nc(-c5cc(C(F)(F)F)nn5C)nc4c23)C1. The van der Waals surface area contributed by atoms with E-state index in [0.29, 0.717) is 11.6 Å². The van der Waals surface area contributed by atoms with Gasteiger partial charge in [0.15, 0.2) is 17.2 Å². The van der Waals surface area contributed by atoms with Crippen molar-refractivity contribution in [3.8, 4) is 11.5 Å². The Bertz CT molecular complexity index is 1190. The molecule has 4 heterocycles. The number of aromatic nitrogens is 6. The fourth-order valence-corrected chi connectivity index (χ4v) is 5.01. The fraction of sp³-hybridized carbons (Fsp3) is 0.412. The van der Waals surface area contributed by atoms with Crippen LogP contribution in [-0.2, 0) is 26.1 Å². The van der Waals surface area contributed by atoms with Gasteiger partial charge < -0.3 is 0 Å². The summed E-state index contributed by atoms with van der Waals surface area (Å²) in [4.78, 5) is 11.3. The topological polar surface area (TPSA) is 60.9 Å². The molecule has 140 valence electrons. The number of halogens is 3. The number of hydrogen-bond donors (Lipinski definition) is 0. The fourth-order valence-electron chi connectivity index (χ4n) is 3.66. The van der Waals surface area contributed by atoms with Crippen LogP contribution in [0.5, 0.6) is 0 Å². The lowest BCUT2D eigenvalue weighted by Crippen LogP contribution is -2.08. The predicted octanol–water partition coefficient (Wildman–Crippen LogP) is 3.88. The second kappa shape index (κ2) is 5.51. The Kier molecular flexibility index (Phi) is 3.40. The van der Waals surface area contributed by atoms with Crippen molar-refractivity contribution in [1.29, 1.82) is 0 Å². The highest BCUT2D eigenvalue weighted by Gasteiger charge is 2.35. The standard InChI is InChI=1S/C17H15F3N6S/c1-8-3-4-9-11(5-8)27-16-13(9)15-22-14(24-26(15)7-21-16)10-6-12(17(18,19)20)23-25(10)2/h6-8H,3-5H2,1-2H3/t8-/m0/s1. The molecular formula is C17H15F3N6S. The number of fused-ring (bicyclic) bond motifs is 5. The zero-order chi connectivity index (χ0) is 18.9. The Morgan fingerprint density at radius 2 is 2.07 bits per heavy atom. The van der Waals surface area contributed by atoms with Crippen LogP contribution in [-0.4, -0.2) is 29.4 Å². The number of hydrogen-bond acceptors (Lipinski definition) is 5. The first kappa shape index (κ1) is 16.7. The lowest BCUT2D eigenvalue weighted by atomic mass is 9.89. The van der Waals surface area contributed by atoms with E-state index in [1.165, 1.54) is 17.5 Å². The predicted molar refractivity (Wildman–Crippen MR) is 94.6 cm³/mol. The molecule has 0 saturated carbocycles. The summed E-state index contributed by atoms with van der Waals surface area (Å²) < 4.78 is 41.6. The Hall–Kier alpha value is -2.49. The number of aryl methyl sites for hydroxylation is 2. The highest BCUT2D eigenvalue weighted by molar-refractivity contribution is 7.19. The summed E-state index contributed by atoms with van der Waals surface area (Å²) in [7, 11) is 1.46. The molecule has 0 radical (unpaired) electrons. The van der Waals surface area contributed by atoms with Crippen LogP contribution >= 0.6 is 11.3 Å². The van der Waals surface area contributed by atoms with Gasteiger partial charge in [0.05, 0.1) is 5.39 Å². The average Bonchev–Trinajstić information content (AvgIpc) is 3.26. The zero-order valence-electron chi connectivity index (χ0n) is 14.6. The molecule has 1 atom stereocenters. The minimum atomic E-state index is -4.51. The third kappa shape index (κ3) is 2.53. The van der Waals surface area contributed by atoms with E-state index in [0.717, 1.165) is 40.2 Å². The van der Waals surface area contributed by atoms with Crippen molar-refractivity contribution in [2.75, 3.05) is 0 Å². The number of alkyl halides is 3. The first-order valence-electron chi connectivity index (χ1n) is 8.58. The van der Waals surface area contributed by atoms with E-state index in [-0.39, 0.29) is 11.5 Å². The molecule has 5 rings (SSSR count). The zero-order valence-corrected chi connectivity index (χ0v) is 15.4. The van der Waals surface area contributed by atoms with Gasteiger partial charge >= 0.3 is 6.18 Å². The minimum absolute atomic E-state index is 0.207. The van der Waals surface area contributed by atoms with Crippen molar-refractivity contribution in [2.45, 2.75) is 32.4 Å². The minimum Gasteiger partial charge on any atom is -0.264 e. The number of rotatable bonds is 1. The molecule has 0 fully saturated rings. The Morgan fingerprint density at radius 1 is 1.26 bits per heavy atom. The van der Waals surface area contributed by atoms with Gasteiger partial charge in [0.25, 0.3) is 0 Å². The monoisotopic (exact) mass is 392 g/mol. The largest absolute Gasteiger partial charge is 0.435 e. The third-order valence-corrected chi connectivity index (χ3v) is 6.19. The molecule has 0 bridgehead atoms. The summed E-state index contributed by atoms with van der Waals surface area (Å²) in [6.07, 6.45) is 0.162.